The van der Waals surface area contributed by atoms with Gasteiger partial charge in [0.2, 0.25) is 15.9 Å². The molecule has 0 saturated carbocycles. The lowest BCUT2D eigenvalue weighted by Gasteiger charge is -2.33. The fourth-order valence-electron chi connectivity index (χ4n) is 3.12. The van der Waals surface area contributed by atoms with Gasteiger partial charge in [0.1, 0.15) is 5.75 Å². The van der Waals surface area contributed by atoms with Gasteiger partial charge in [0, 0.05) is 32.3 Å². The summed E-state index contributed by atoms with van der Waals surface area (Å²) in [5.41, 5.74) is 1.24. The highest BCUT2D eigenvalue weighted by Crippen LogP contribution is 2.23. The molecule has 6 nitrogen and oxygen atoms in total. The molecule has 3 rings (SSSR count). The van der Waals surface area contributed by atoms with E-state index in [0.717, 1.165) is 12.1 Å². The SMILES string of the molecule is O=C(C=Cc1ccc(OC(F)(F)F)cc1)N1CCN(S(=O)(=O)Cc2ccccc2)CC1. The average molecular weight is 454 g/mol. The Morgan fingerprint density at radius 3 is 2.16 bits per heavy atom. The van der Waals surface area contributed by atoms with Crippen molar-refractivity contribution in [1.82, 2.24) is 9.21 Å². The maximum Gasteiger partial charge on any atom is 0.573 e. The first-order valence-electron chi connectivity index (χ1n) is 9.47. The van der Waals surface area contributed by atoms with Crippen molar-refractivity contribution in [2.24, 2.45) is 0 Å². The number of piperazine rings is 1. The molecule has 2 aromatic carbocycles. The zero-order chi connectivity index (χ0) is 22.5. The Balaban J connectivity index is 1.52. The first-order valence-corrected chi connectivity index (χ1v) is 11.1. The number of carbonyl (C=O) groups is 1. The summed E-state index contributed by atoms with van der Waals surface area (Å²) in [5, 5.41) is 0. The zero-order valence-corrected chi connectivity index (χ0v) is 17.3. The van der Waals surface area contributed by atoms with Gasteiger partial charge in [-0.05, 0) is 29.3 Å². The molecule has 0 spiro atoms. The van der Waals surface area contributed by atoms with Gasteiger partial charge in [-0.25, -0.2) is 8.42 Å². The largest absolute Gasteiger partial charge is 0.573 e. The monoisotopic (exact) mass is 454 g/mol. The van der Waals surface area contributed by atoms with Crippen LogP contribution >= 0.6 is 0 Å². The Hall–Kier alpha value is -2.85. The highest BCUT2D eigenvalue weighted by Gasteiger charge is 2.31. The lowest BCUT2D eigenvalue weighted by Crippen LogP contribution is -2.50. The summed E-state index contributed by atoms with van der Waals surface area (Å²) in [6.07, 6.45) is -1.96. The van der Waals surface area contributed by atoms with Crippen molar-refractivity contribution in [1.29, 1.82) is 0 Å². The van der Waals surface area contributed by atoms with Crippen LogP contribution in [0.2, 0.25) is 0 Å². The van der Waals surface area contributed by atoms with Gasteiger partial charge in [0.05, 0.1) is 5.75 Å². The summed E-state index contributed by atoms with van der Waals surface area (Å²) < 4.78 is 66.9. The van der Waals surface area contributed by atoms with Gasteiger partial charge < -0.3 is 9.64 Å². The minimum Gasteiger partial charge on any atom is -0.406 e. The normalized spacial score (nSPS) is 15.9. The summed E-state index contributed by atoms with van der Waals surface area (Å²) >= 11 is 0. The third kappa shape index (κ3) is 6.83. The lowest BCUT2D eigenvalue weighted by atomic mass is 10.2. The highest BCUT2D eigenvalue weighted by molar-refractivity contribution is 7.88. The molecule has 0 aliphatic carbocycles. The molecule has 1 aliphatic rings. The van der Waals surface area contributed by atoms with Crippen LogP contribution in [0.4, 0.5) is 13.2 Å². The van der Waals surface area contributed by atoms with Gasteiger partial charge in [0.15, 0.2) is 0 Å². The standard InChI is InChI=1S/C21H21F3N2O4S/c22-21(23,24)30-19-9-6-17(7-10-19)8-11-20(27)25-12-14-26(15-13-25)31(28,29)16-18-4-2-1-3-5-18/h1-11H,12-16H2. The molecule has 0 atom stereocenters. The number of carbonyl (C=O) groups excluding carboxylic acids is 1. The Labute approximate surface area is 178 Å². The zero-order valence-electron chi connectivity index (χ0n) is 16.5. The van der Waals surface area contributed by atoms with E-state index >= 15 is 0 Å². The minimum atomic E-state index is -4.76. The van der Waals surface area contributed by atoms with E-state index in [4.69, 9.17) is 0 Å². The van der Waals surface area contributed by atoms with E-state index < -0.39 is 16.4 Å². The molecule has 1 fully saturated rings. The molecule has 0 N–H and O–H groups in total. The Morgan fingerprint density at radius 1 is 0.968 bits per heavy atom. The molecule has 2 aromatic rings. The molecule has 10 heteroatoms. The second kappa shape index (κ2) is 9.52. The average Bonchev–Trinajstić information content (AvgIpc) is 2.72. The number of amides is 1. The smallest absolute Gasteiger partial charge is 0.406 e. The molecule has 1 saturated heterocycles. The van der Waals surface area contributed by atoms with Crippen molar-refractivity contribution >= 4 is 22.0 Å². The molecule has 0 aromatic heterocycles. The van der Waals surface area contributed by atoms with Crippen molar-refractivity contribution in [3.05, 3.63) is 71.8 Å². The number of alkyl halides is 3. The molecule has 31 heavy (non-hydrogen) atoms. The van der Waals surface area contributed by atoms with Crippen LogP contribution in [0.15, 0.2) is 60.7 Å². The van der Waals surface area contributed by atoms with Crippen LogP contribution < -0.4 is 4.74 Å². The van der Waals surface area contributed by atoms with E-state index in [9.17, 15) is 26.4 Å². The number of sulfonamides is 1. The highest BCUT2D eigenvalue weighted by atomic mass is 32.2. The fraction of sp³-hybridized carbons (Fsp3) is 0.286. The predicted molar refractivity (Wildman–Crippen MR) is 109 cm³/mol. The Morgan fingerprint density at radius 2 is 1.58 bits per heavy atom. The van der Waals surface area contributed by atoms with Gasteiger partial charge in [-0.2, -0.15) is 4.31 Å². The number of benzene rings is 2. The molecule has 0 bridgehead atoms. The summed E-state index contributed by atoms with van der Waals surface area (Å²) in [7, 11) is -3.47. The van der Waals surface area contributed by atoms with E-state index in [0.29, 0.717) is 11.1 Å². The first kappa shape index (κ1) is 22.8. The fourth-order valence-corrected chi connectivity index (χ4v) is 4.63. The minimum absolute atomic E-state index is 0.0876. The van der Waals surface area contributed by atoms with Crippen molar-refractivity contribution in [3.8, 4) is 5.75 Å². The Bertz CT molecular complexity index is 1010. The van der Waals surface area contributed by atoms with E-state index in [2.05, 4.69) is 4.74 Å². The molecule has 1 amide bonds. The number of ether oxygens (including phenoxy) is 1. The van der Waals surface area contributed by atoms with Crippen LogP contribution in [0.5, 0.6) is 5.75 Å². The van der Waals surface area contributed by atoms with Crippen molar-refractivity contribution in [2.45, 2.75) is 12.1 Å². The molecule has 166 valence electrons. The number of hydrogen-bond acceptors (Lipinski definition) is 4. The molecule has 0 radical (unpaired) electrons. The van der Waals surface area contributed by atoms with Gasteiger partial charge in [0.25, 0.3) is 0 Å². The summed E-state index contributed by atoms with van der Waals surface area (Å²) in [6, 6.07) is 14.0. The number of halogens is 3. The van der Waals surface area contributed by atoms with Gasteiger partial charge >= 0.3 is 6.36 Å². The van der Waals surface area contributed by atoms with Crippen LogP contribution in [0.3, 0.4) is 0 Å². The van der Waals surface area contributed by atoms with Crippen molar-refractivity contribution in [2.75, 3.05) is 26.2 Å². The van der Waals surface area contributed by atoms with E-state index in [1.165, 1.54) is 33.5 Å². The molecule has 1 aliphatic heterocycles. The third-order valence-corrected chi connectivity index (χ3v) is 6.52. The molecular formula is C21H21F3N2O4S. The van der Waals surface area contributed by atoms with E-state index in [1.54, 1.807) is 24.3 Å². The summed E-state index contributed by atoms with van der Waals surface area (Å²) in [5.74, 6) is -0.727. The van der Waals surface area contributed by atoms with Gasteiger partial charge in [-0.1, -0.05) is 42.5 Å². The van der Waals surface area contributed by atoms with Crippen LogP contribution in [0.25, 0.3) is 6.08 Å². The second-order valence-electron chi connectivity index (χ2n) is 6.92. The van der Waals surface area contributed by atoms with Crippen molar-refractivity contribution < 1.29 is 31.1 Å². The lowest BCUT2D eigenvalue weighted by molar-refractivity contribution is -0.274. The second-order valence-corrected chi connectivity index (χ2v) is 8.89. The van der Waals surface area contributed by atoms with E-state index in [1.807, 2.05) is 6.07 Å². The van der Waals surface area contributed by atoms with Crippen LogP contribution in [-0.4, -0.2) is 56.1 Å². The quantitative estimate of drug-likeness (QED) is 0.629. The third-order valence-electron chi connectivity index (χ3n) is 4.67. The number of rotatable bonds is 6. The number of nitrogens with zero attached hydrogens (tertiary/aromatic N) is 2. The topological polar surface area (TPSA) is 66.9 Å². The number of hydrogen-bond donors (Lipinski definition) is 0. The predicted octanol–water partition coefficient (Wildman–Crippen LogP) is 3.27. The first-order chi connectivity index (χ1) is 14.6. The Kier molecular flexibility index (Phi) is 7.01. The van der Waals surface area contributed by atoms with Crippen LogP contribution in [0.1, 0.15) is 11.1 Å². The molecular weight excluding hydrogens is 433 g/mol. The molecule has 0 unspecified atom stereocenters. The van der Waals surface area contributed by atoms with Gasteiger partial charge in [-0.3, -0.25) is 4.79 Å². The van der Waals surface area contributed by atoms with Gasteiger partial charge in [-0.15, -0.1) is 13.2 Å². The van der Waals surface area contributed by atoms with Crippen LogP contribution in [0, 0.1) is 0 Å². The molecule has 1 heterocycles. The summed E-state index contributed by atoms with van der Waals surface area (Å²) in [4.78, 5) is 13.9. The maximum absolute atomic E-state index is 12.6. The maximum atomic E-state index is 12.6. The van der Waals surface area contributed by atoms with Crippen LogP contribution in [-0.2, 0) is 20.6 Å². The van der Waals surface area contributed by atoms with E-state index in [-0.39, 0.29) is 43.6 Å². The summed E-state index contributed by atoms with van der Waals surface area (Å²) in [6.45, 7) is 0.932. The van der Waals surface area contributed by atoms with Crippen molar-refractivity contribution in [3.63, 3.8) is 0 Å².